The van der Waals surface area contributed by atoms with Crippen molar-refractivity contribution >= 4 is 0 Å². The molecule has 6 heteroatoms. The van der Waals surface area contributed by atoms with Gasteiger partial charge in [-0.25, -0.2) is 8.78 Å². The molecule has 0 aromatic rings. The molecule has 1 unspecified atom stereocenters. The number of rotatable bonds is 4. The Bertz CT molecular complexity index is 163. The molecule has 0 N–H and O–H groups in total. The SMILES string of the molecule is C=CC(F)(F)C(F)(F)C(F)CF. The molecule has 1 atom stereocenters. The highest BCUT2D eigenvalue weighted by atomic mass is 19.3. The van der Waals surface area contributed by atoms with Gasteiger partial charge in [-0.3, -0.25) is 0 Å². The van der Waals surface area contributed by atoms with Crippen LogP contribution in [0.15, 0.2) is 12.7 Å². The largest absolute Gasteiger partial charge is 0.346 e. The van der Waals surface area contributed by atoms with Gasteiger partial charge in [0.05, 0.1) is 0 Å². The van der Waals surface area contributed by atoms with Gasteiger partial charge < -0.3 is 0 Å². The van der Waals surface area contributed by atoms with Gasteiger partial charge in [0.2, 0.25) is 0 Å². The minimum Gasteiger partial charge on any atom is -0.248 e. The molecule has 0 aliphatic carbocycles. The monoisotopic (exact) mass is 192 g/mol. The maximum absolute atomic E-state index is 12.2. The van der Waals surface area contributed by atoms with E-state index in [0.29, 0.717) is 0 Å². The van der Waals surface area contributed by atoms with Gasteiger partial charge in [-0.1, -0.05) is 6.58 Å². The van der Waals surface area contributed by atoms with Crippen molar-refractivity contribution < 1.29 is 26.3 Å². The van der Waals surface area contributed by atoms with Crippen molar-refractivity contribution in [2.24, 2.45) is 0 Å². The summed E-state index contributed by atoms with van der Waals surface area (Å²) in [4.78, 5) is 0. The van der Waals surface area contributed by atoms with Crippen molar-refractivity contribution in [3.05, 3.63) is 12.7 Å². The van der Waals surface area contributed by atoms with E-state index in [4.69, 9.17) is 0 Å². The molecule has 0 aromatic carbocycles. The fourth-order valence-electron chi connectivity index (χ4n) is 0.442. The van der Waals surface area contributed by atoms with Gasteiger partial charge in [0.25, 0.3) is 0 Å². The molecule has 0 aliphatic rings. The van der Waals surface area contributed by atoms with Crippen molar-refractivity contribution in [3.8, 4) is 0 Å². The third-order valence-electron chi connectivity index (χ3n) is 1.23. The van der Waals surface area contributed by atoms with Crippen molar-refractivity contribution in [1.82, 2.24) is 0 Å². The van der Waals surface area contributed by atoms with Crippen LogP contribution in [0.4, 0.5) is 26.3 Å². The summed E-state index contributed by atoms with van der Waals surface area (Å²) >= 11 is 0. The zero-order valence-corrected chi connectivity index (χ0v) is 5.84. The summed E-state index contributed by atoms with van der Waals surface area (Å²) in [6.07, 6.45) is -3.92. The van der Waals surface area contributed by atoms with Gasteiger partial charge in [0.15, 0.2) is 6.17 Å². The fraction of sp³-hybridized carbons (Fsp3) is 0.667. The molecule has 0 aliphatic heterocycles. The van der Waals surface area contributed by atoms with Crippen molar-refractivity contribution in [2.45, 2.75) is 18.0 Å². The van der Waals surface area contributed by atoms with Crippen LogP contribution >= 0.6 is 0 Å². The first-order valence-corrected chi connectivity index (χ1v) is 2.89. The van der Waals surface area contributed by atoms with E-state index in [0.717, 1.165) is 0 Å². The smallest absolute Gasteiger partial charge is 0.248 e. The summed E-state index contributed by atoms with van der Waals surface area (Å²) in [6.45, 7) is 0.240. The summed E-state index contributed by atoms with van der Waals surface area (Å²) in [7, 11) is 0. The topological polar surface area (TPSA) is 0 Å². The zero-order valence-electron chi connectivity index (χ0n) is 5.84. The molecule has 12 heavy (non-hydrogen) atoms. The van der Waals surface area contributed by atoms with E-state index >= 15 is 0 Å². The summed E-state index contributed by atoms with van der Waals surface area (Å²) in [5.41, 5.74) is 0. The number of hydrogen-bond acceptors (Lipinski definition) is 0. The van der Waals surface area contributed by atoms with Crippen LogP contribution in [0.3, 0.4) is 0 Å². The van der Waals surface area contributed by atoms with Crippen LogP contribution in [0.5, 0.6) is 0 Å². The maximum atomic E-state index is 12.2. The number of halogens is 6. The first-order valence-electron chi connectivity index (χ1n) is 2.89. The molecule has 0 amide bonds. The molecule has 0 saturated carbocycles. The van der Waals surface area contributed by atoms with Crippen molar-refractivity contribution in [3.63, 3.8) is 0 Å². The van der Waals surface area contributed by atoms with E-state index in [-0.39, 0.29) is 0 Å². The highest BCUT2D eigenvalue weighted by Crippen LogP contribution is 2.39. The van der Waals surface area contributed by atoms with Gasteiger partial charge in [0.1, 0.15) is 6.67 Å². The summed E-state index contributed by atoms with van der Waals surface area (Å²) in [5, 5.41) is 0. The van der Waals surface area contributed by atoms with E-state index < -0.39 is 30.8 Å². The van der Waals surface area contributed by atoms with Crippen molar-refractivity contribution in [2.75, 3.05) is 6.67 Å². The Morgan fingerprint density at radius 1 is 1.25 bits per heavy atom. The molecule has 0 nitrogen and oxygen atoms in total. The second-order valence-corrected chi connectivity index (χ2v) is 2.07. The average Bonchev–Trinajstić information content (AvgIpc) is 2.02. The van der Waals surface area contributed by atoms with Gasteiger partial charge in [0, 0.05) is 0 Å². The van der Waals surface area contributed by atoms with E-state index in [1.54, 1.807) is 0 Å². The molecule has 0 aromatic heterocycles. The number of alkyl halides is 6. The molecule has 0 saturated heterocycles. The van der Waals surface area contributed by atoms with E-state index in [1.807, 2.05) is 0 Å². The van der Waals surface area contributed by atoms with Crippen molar-refractivity contribution in [1.29, 1.82) is 0 Å². The first-order chi connectivity index (χ1) is 5.29. The Kier molecular flexibility index (Phi) is 3.17. The molecule has 0 radical (unpaired) electrons. The van der Waals surface area contributed by atoms with Crippen LogP contribution < -0.4 is 0 Å². The van der Waals surface area contributed by atoms with Crippen LogP contribution in [-0.4, -0.2) is 24.7 Å². The van der Waals surface area contributed by atoms with Crippen LogP contribution in [0.25, 0.3) is 0 Å². The summed E-state index contributed by atoms with van der Waals surface area (Å²) in [5.74, 6) is -9.76. The van der Waals surface area contributed by atoms with E-state index in [1.165, 1.54) is 0 Å². The van der Waals surface area contributed by atoms with Gasteiger partial charge >= 0.3 is 11.8 Å². The Labute approximate surface area is 64.9 Å². The Balaban J connectivity index is 4.70. The predicted octanol–water partition coefficient (Wildman–Crippen LogP) is 2.75. The lowest BCUT2D eigenvalue weighted by Crippen LogP contribution is -2.47. The molecule has 0 fully saturated rings. The molecular weight excluding hydrogens is 186 g/mol. The van der Waals surface area contributed by atoms with E-state index in [9.17, 15) is 26.3 Å². The lowest BCUT2D eigenvalue weighted by Gasteiger charge is -2.24. The second-order valence-electron chi connectivity index (χ2n) is 2.07. The zero-order chi connectivity index (χ0) is 9.99. The summed E-state index contributed by atoms with van der Waals surface area (Å²) in [6, 6.07) is 0. The Hall–Kier alpha value is -0.680. The molecule has 72 valence electrons. The number of allylic oxidation sites excluding steroid dienone is 1. The molecular formula is C6H6F6. The van der Waals surface area contributed by atoms with E-state index in [2.05, 4.69) is 6.58 Å². The molecule has 0 rings (SSSR count). The standard InChI is InChI=1S/C6H6F6/c1-2-5(9,10)6(11,12)4(8)3-7/h2,4H,1,3H2. The third kappa shape index (κ3) is 1.73. The quantitative estimate of drug-likeness (QED) is 0.474. The maximum Gasteiger partial charge on any atom is 0.346 e. The average molecular weight is 192 g/mol. The Morgan fingerprint density at radius 3 is 1.92 bits per heavy atom. The predicted molar refractivity (Wildman–Crippen MR) is 31.0 cm³/mol. The first kappa shape index (κ1) is 11.3. The minimum absolute atomic E-state index is 0.407. The van der Waals surface area contributed by atoms with Crippen LogP contribution in [0.2, 0.25) is 0 Å². The number of hydrogen-bond donors (Lipinski definition) is 0. The summed E-state index contributed by atoms with van der Waals surface area (Å²) < 4.78 is 71.8. The van der Waals surface area contributed by atoms with Crippen LogP contribution in [-0.2, 0) is 0 Å². The van der Waals surface area contributed by atoms with Crippen LogP contribution in [0, 0.1) is 0 Å². The molecule has 0 heterocycles. The highest BCUT2D eigenvalue weighted by molar-refractivity contribution is 5.01. The highest BCUT2D eigenvalue weighted by Gasteiger charge is 2.60. The van der Waals surface area contributed by atoms with Crippen LogP contribution in [0.1, 0.15) is 0 Å². The second kappa shape index (κ2) is 3.37. The van der Waals surface area contributed by atoms with Gasteiger partial charge in [-0.2, -0.15) is 17.6 Å². The molecule has 0 spiro atoms. The Morgan fingerprint density at radius 2 is 1.67 bits per heavy atom. The van der Waals surface area contributed by atoms with Gasteiger partial charge in [-0.05, 0) is 6.08 Å². The fourth-order valence-corrected chi connectivity index (χ4v) is 0.442. The van der Waals surface area contributed by atoms with Gasteiger partial charge in [-0.15, -0.1) is 0 Å². The normalized spacial score (nSPS) is 15.8. The lowest BCUT2D eigenvalue weighted by molar-refractivity contribution is -0.215. The molecule has 0 bridgehead atoms. The lowest BCUT2D eigenvalue weighted by atomic mass is 10.1. The third-order valence-corrected chi connectivity index (χ3v) is 1.23. The minimum atomic E-state index is -5.04.